The van der Waals surface area contributed by atoms with Crippen molar-refractivity contribution in [2.45, 2.75) is 38.6 Å². The molecule has 3 heteroatoms. The Kier molecular flexibility index (Phi) is 4.61. The van der Waals surface area contributed by atoms with Gasteiger partial charge in [-0.15, -0.1) is 0 Å². The monoisotopic (exact) mass is 248 g/mol. The molecule has 0 aromatic heterocycles. The zero-order valence-electron chi connectivity index (χ0n) is 11.4. The predicted octanol–water partition coefficient (Wildman–Crippen LogP) is 3.03. The van der Waals surface area contributed by atoms with Crippen molar-refractivity contribution in [3.8, 4) is 5.75 Å². The molecule has 3 N–H and O–H groups in total. The maximum absolute atomic E-state index is 5.77. The number of nitrogens with one attached hydrogen (secondary N) is 1. The van der Waals surface area contributed by atoms with Gasteiger partial charge in [0.15, 0.2) is 0 Å². The molecule has 0 aliphatic heterocycles. The molecule has 1 aromatic carbocycles. The van der Waals surface area contributed by atoms with Crippen LogP contribution in [0.25, 0.3) is 0 Å². The molecule has 1 aliphatic rings. The Balaban J connectivity index is 2.12. The summed E-state index contributed by atoms with van der Waals surface area (Å²) in [5.41, 5.74) is 4.24. The molecule has 2 rings (SSSR count). The van der Waals surface area contributed by atoms with Crippen molar-refractivity contribution in [3.05, 3.63) is 29.8 Å². The van der Waals surface area contributed by atoms with Crippen LogP contribution in [0, 0.1) is 11.8 Å². The Bertz CT molecular complexity index is 381. The minimum absolute atomic E-state index is 0.247. The first-order chi connectivity index (χ1) is 8.78. The van der Waals surface area contributed by atoms with Crippen LogP contribution in [0.4, 0.5) is 0 Å². The maximum Gasteiger partial charge on any atom is 0.119 e. The first kappa shape index (κ1) is 13.4. The second-order valence-electron chi connectivity index (χ2n) is 5.27. The Labute approximate surface area is 110 Å². The predicted molar refractivity (Wildman–Crippen MR) is 74.2 cm³/mol. The van der Waals surface area contributed by atoms with Gasteiger partial charge in [-0.25, -0.2) is 0 Å². The molecule has 18 heavy (non-hydrogen) atoms. The SMILES string of the molecule is CCC1CCC(C(NN)c2cccc(OC)c2)C1. The minimum atomic E-state index is 0.247. The fraction of sp³-hybridized carbons (Fsp3) is 0.600. The number of hydrogen-bond acceptors (Lipinski definition) is 3. The molecular formula is C15H24N2O. The molecule has 1 aliphatic carbocycles. The summed E-state index contributed by atoms with van der Waals surface area (Å²) in [6.45, 7) is 2.28. The van der Waals surface area contributed by atoms with E-state index in [-0.39, 0.29) is 6.04 Å². The lowest BCUT2D eigenvalue weighted by Crippen LogP contribution is -2.32. The van der Waals surface area contributed by atoms with Crippen molar-refractivity contribution < 1.29 is 4.74 Å². The summed E-state index contributed by atoms with van der Waals surface area (Å²) in [4.78, 5) is 0. The summed E-state index contributed by atoms with van der Waals surface area (Å²) in [5, 5.41) is 0. The second kappa shape index (κ2) is 6.21. The lowest BCUT2D eigenvalue weighted by atomic mass is 9.91. The number of rotatable bonds is 5. The third-order valence-corrected chi connectivity index (χ3v) is 4.26. The largest absolute Gasteiger partial charge is 0.497 e. The van der Waals surface area contributed by atoms with E-state index in [0.717, 1.165) is 11.7 Å². The highest BCUT2D eigenvalue weighted by Crippen LogP contribution is 2.40. The summed E-state index contributed by atoms with van der Waals surface area (Å²) in [7, 11) is 1.70. The highest BCUT2D eigenvalue weighted by atomic mass is 16.5. The Morgan fingerprint density at radius 1 is 1.44 bits per heavy atom. The molecule has 0 amide bonds. The van der Waals surface area contributed by atoms with Gasteiger partial charge in [-0.3, -0.25) is 11.3 Å². The average molecular weight is 248 g/mol. The van der Waals surface area contributed by atoms with Crippen molar-refractivity contribution >= 4 is 0 Å². The van der Waals surface area contributed by atoms with Crippen molar-refractivity contribution in [2.75, 3.05) is 7.11 Å². The van der Waals surface area contributed by atoms with Gasteiger partial charge >= 0.3 is 0 Å². The third-order valence-electron chi connectivity index (χ3n) is 4.26. The molecule has 3 atom stereocenters. The number of hydrogen-bond donors (Lipinski definition) is 2. The van der Waals surface area contributed by atoms with Gasteiger partial charge in [0.1, 0.15) is 5.75 Å². The molecule has 3 nitrogen and oxygen atoms in total. The number of ether oxygens (including phenoxy) is 1. The molecule has 1 aromatic rings. The van der Waals surface area contributed by atoms with Gasteiger partial charge in [0, 0.05) is 6.04 Å². The quantitative estimate of drug-likeness (QED) is 0.622. The van der Waals surface area contributed by atoms with E-state index >= 15 is 0 Å². The Hall–Kier alpha value is -1.06. The fourth-order valence-electron chi connectivity index (χ4n) is 3.13. The van der Waals surface area contributed by atoms with Crippen molar-refractivity contribution in [1.82, 2.24) is 5.43 Å². The molecule has 0 radical (unpaired) electrons. The van der Waals surface area contributed by atoms with E-state index in [4.69, 9.17) is 10.6 Å². The van der Waals surface area contributed by atoms with E-state index in [1.807, 2.05) is 12.1 Å². The molecule has 0 spiro atoms. The summed E-state index contributed by atoms with van der Waals surface area (Å²) in [6, 6.07) is 8.47. The van der Waals surface area contributed by atoms with Crippen molar-refractivity contribution in [3.63, 3.8) is 0 Å². The van der Waals surface area contributed by atoms with Crippen LogP contribution in [0.2, 0.25) is 0 Å². The van der Waals surface area contributed by atoms with E-state index in [2.05, 4.69) is 24.5 Å². The number of hydrazine groups is 1. The average Bonchev–Trinajstić information content (AvgIpc) is 2.88. The lowest BCUT2D eigenvalue weighted by molar-refractivity contribution is 0.356. The van der Waals surface area contributed by atoms with E-state index in [9.17, 15) is 0 Å². The van der Waals surface area contributed by atoms with Crippen LogP contribution >= 0.6 is 0 Å². The van der Waals surface area contributed by atoms with Crippen LogP contribution in [0.15, 0.2) is 24.3 Å². The van der Waals surface area contributed by atoms with Gasteiger partial charge in [-0.2, -0.15) is 0 Å². The number of nitrogens with two attached hydrogens (primary N) is 1. The number of benzene rings is 1. The summed E-state index contributed by atoms with van der Waals surface area (Å²) < 4.78 is 5.29. The smallest absolute Gasteiger partial charge is 0.119 e. The van der Waals surface area contributed by atoms with Gasteiger partial charge in [0.05, 0.1) is 7.11 Å². The van der Waals surface area contributed by atoms with Crippen LogP contribution in [0.5, 0.6) is 5.75 Å². The standard InChI is InChI=1S/C15H24N2O/c1-3-11-7-8-13(9-11)15(17-16)12-5-4-6-14(10-12)18-2/h4-6,10-11,13,15,17H,3,7-9,16H2,1-2H3. The molecule has 0 saturated heterocycles. The van der Waals surface area contributed by atoms with Gasteiger partial charge in [-0.05, 0) is 42.4 Å². The zero-order valence-corrected chi connectivity index (χ0v) is 11.4. The maximum atomic E-state index is 5.77. The van der Waals surface area contributed by atoms with Crippen LogP contribution in [-0.2, 0) is 0 Å². The molecule has 100 valence electrons. The summed E-state index contributed by atoms with van der Waals surface area (Å²) >= 11 is 0. The zero-order chi connectivity index (χ0) is 13.0. The molecule has 0 heterocycles. The molecule has 0 bridgehead atoms. The highest BCUT2D eigenvalue weighted by Gasteiger charge is 2.30. The normalized spacial score (nSPS) is 25.1. The lowest BCUT2D eigenvalue weighted by Gasteiger charge is -2.23. The Morgan fingerprint density at radius 3 is 2.89 bits per heavy atom. The third kappa shape index (κ3) is 2.85. The second-order valence-corrected chi connectivity index (χ2v) is 5.27. The van der Waals surface area contributed by atoms with Gasteiger partial charge in [0.25, 0.3) is 0 Å². The van der Waals surface area contributed by atoms with Crippen LogP contribution in [-0.4, -0.2) is 7.11 Å². The van der Waals surface area contributed by atoms with E-state index in [1.54, 1.807) is 7.11 Å². The van der Waals surface area contributed by atoms with Crippen LogP contribution < -0.4 is 16.0 Å². The molecule has 1 fully saturated rings. The van der Waals surface area contributed by atoms with Gasteiger partial charge in [-0.1, -0.05) is 31.9 Å². The van der Waals surface area contributed by atoms with Crippen LogP contribution in [0.1, 0.15) is 44.2 Å². The fourth-order valence-corrected chi connectivity index (χ4v) is 3.13. The van der Waals surface area contributed by atoms with Gasteiger partial charge < -0.3 is 4.74 Å². The topological polar surface area (TPSA) is 47.3 Å². The van der Waals surface area contributed by atoms with Gasteiger partial charge in [0.2, 0.25) is 0 Å². The number of methoxy groups -OCH3 is 1. The molecular weight excluding hydrogens is 224 g/mol. The van der Waals surface area contributed by atoms with E-state index < -0.39 is 0 Å². The first-order valence-electron chi connectivity index (χ1n) is 6.88. The van der Waals surface area contributed by atoms with Crippen molar-refractivity contribution in [1.29, 1.82) is 0 Å². The van der Waals surface area contributed by atoms with Crippen molar-refractivity contribution in [2.24, 2.45) is 17.7 Å². The minimum Gasteiger partial charge on any atom is -0.497 e. The highest BCUT2D eigenvalue weighted by molar-refractivity contribution is 5.31. The van der Waals surface area contributed by atoms with E-state index in [0.29, 0.717) is 5.92 Å². The Morgan fingerprint density at radius 2 is 2.28 bits per heavy atom. The van der Waals surface area contributed by atoms with E-state index in [1.165, 1.54) is 31.2 Å². The first-order valence-corrected chi connectivity index (χ1v) is 6.88. The summed E-state index contributed by atoms with van der Waals surface area (Å²) in [5.74, 6) is 8.19. The van der Waals surface area contributed by atoms with Crippen LogP contribution in [0.3, 0.4) is 0 Å². The summed E-state index contributed by atoms with van der Waals surface area (Å²) in [6.07, 6.45) is 5.17. The molecule has 1 saturated carbocycles. The molecule has 3 unspecified atom stereocenters.